The maximum Gasteiger partial charge on any atom is 0.226 e. The summed E-state index contributed by atoms with van der Waals surface area (Å²) < 4.78 is 6.29. The van der Waals surface area contributed by atoms with Crippen molar-refractivity contribution in [3.63, 3.8) is 0 Å². The van der Waals surface area contributed by atoms with Crippen molar-refractivity contribution in [3.05, 3.63) is 21.6 Å². The minimum Gasteiger partial charge on any atom is -0.491 e. The Morgan fingerprint density at radius 1 is 1.60 bits per heavy atom. The number of ether oxygens (including phenoxy) is 1. The molecule has 20 heavy (non-hydrogen) atoms. The van der Waals surface area contributed by atoms with Gasteiger partial charge in [0.15, 0.2) is 5.75 Å². The summed E-state index contributed by atoms with van der Waals surface area (Å²) in [4.78, 5) is 12.1. The highest BCUT2D eigenvalue weighted by Gasteiger charge is 2.19. The molecule has 1 atom stereocenters. The number of anilines is 1. The molecule has 2 N–H and O–H groups in total. The minimum atomic E-state index is -0.0282. The summed E-state index contributed by atoms with van der Waals surface area (Å²) in [5, 5.41) is 6.74. The fraction of sp³-hybridized carbons (Fsp3) is 0.500. The summed E-state index contributed by atoms with van der Waals surface area (Å²) >= 11 is 9.43. The van der Waals surface area contributed by atoms with Crippen LogP contribution >= 0.6 is 27.5 Å². The molecule has 110 valence electrons. The van der Waals surface area contributed by atoms with Crippen LogP contribution in [0, 0.1) is 0 Å². The monoisotopic (exact) mass is 360 g/mol. The van der Waals surface area contributed by atoms with Crippen molar-refractivity contribution in [3.8, 4) is 5.75 Å². The van der Waals surface area contributed by atoms with Crippen LogP contribution in [-0.2, 0) is 4.79 Å². The second-order valence-electron chi connectivity index (χ2n) is 4.74. The Bertz CT molecular complexity index is 490. The highest BCUT2D eigenvalue weighted by atomic mass is 79.9. The Labute approximate surface area is 132 Å². The molecule has 1 heterocycles. The summed E-state index contributed by atoms with van der Waals surface area (Å²) in [6.07, 6.45) is 2.64. The zero-order valence-electron chi connectivity index (χ0n) is 11.3. The second-order valence-corrected chi connectivity index (χ2v) is 6.03. The van der Waals surface area contributed by atoms with E-state index in [0.717, 1.165) is 23.9 Å². The standard InChI is InChI=1S/C14H18BrClN2O2/c1-2-20-14-11(15)6-9(16)7-12(14)18-13(19)8-10-4-3-5-17-10/h6-7,10,17H,2-5,8H2,1H3,(H,18,19). The van der Waals surface area contributed by atoms with Crippen LogP contribution in [0.4, 0.5) is 5.69 Å². The molecule has 6 heteroatoms. The van der Waals surface area contributed by atoms with E-state index in [0.29, 0.717) is 29.5 Å². The lowest BCUT2D eigenvalue weighted by Crippen LogP contribution is -2.27. The van der Waals surface area contributed by atoms with Crippen molar-refractivity contribution in [2.24, 2.45) is 0 Å². The third-order valence-corrected chi connectivity index (χ3v) is 3.97. The molecule has 1 aliphatic heterocycles. The van der Waals surface area contributed by atoms with Gasteiger partial charge in [0.1, 0.15) is 0 Å². The van der Waals surface area contributed by atoms with Crippen LogP contribution in [0.15, 0.2) is 16.6 Å². The topological polar surface area (TPSA) is 50.4 Å². The first-order chi connectivity index (χ1) is 9.60. The van der Waals surface area contributed by atoms with Crippen molar-refractivity contribution in [2.75, 3.05) is 18.5 Å². The van der Waals surface area contributed by atoms with E-state index in [1.165, 1.54) is 0 Å². The number of halogens is 2. The number of amides is 1. The predicted octanol–water partition coefficient (Wildman–Crippen LogP) is 3.58. The average molecular weight is 362 g/mol. The first-order valence-corrected chi connectivity index (χ1v) is 7.92. The molecule has 2 rings (SSSR count). The Morgan fingerprint density at radius 3 is 3.05 bits per heavy atom. The third kappa shape index (κ3) is 4.11. The largest absolute Gasteiger partial charge is 0.491 e. The van der Waals surface area contributed by atoms with Crippen molar-refractivity contribution >= 4 is 39.1 Å². The minimum absolute atomic E-state index is 0.0282. The number of nitrogens with one attached hydrogen (secondary N) is 2. The highest BCUT2D eigenvalue weighted by molar-refractivity contribution is 9.10. The van der Waals surface area contributed by atoms with Crippen LogP contribution in [0.1, 0.15) is 26.2 Å². The number of benzene rings is 1. The Kier molecular flexibility index (Phi) is 5.69. The van der Waals surface area contributed by atoms with E-state index in [1.54, 1.807) is 12.1 Å². The van der Waals surface area contributed by atoms with Crippen molar-refractivity contribution in [2.45, 2.75) is 32.2 Å². The Hall–Kier alpha value is -0.780. The van der Waals surface area contributed by atoms with Crippen molar-refractivity contribution in [1.29, 1.82) is 0 Å². The molecule has 0 saturated carbocycles. The third-order valence-electron chi connectivity index (χ3n) is 3.17. The number of carbonyl (C=O) groups is 1. The molecule has 1 aromatic rings. The molecule has 0 aromatic heterocycles. The van der Waals surface area contributed by atoms with Gasteiger partial charge in [-0.1, -0.05) is 11.6 Å². The van der Waals surface area contributed by atoms with Gasteiger partial charge >= 0.3 is 0 Å². The summed E-state index contributed by atoms with van der Waals surface area (Å²) in [5.41, 5.74) is 0.606. The highest BCUT2D eigenvalue weighted by Crippen LogP contribution is 2.36. The van der Waals surface area contributed by atoms with E-state index in [9.17, 15) is 4.79 Å². The van der Waals surface area contributed by atoms with Gasteiger partial charge in [0, 0.05) is 17.5 Å². The molecular formula is C14H18BrClN2O2. The fourth-order valence-electron chi connectivity index (χ4n) is 2.30. The lowest BCUT2D eigenvalue weighted by atomic mass is 10.1. The SMILES string of the molecule is CCOc1c(Br)cc(Cl)cc1NC(=O)CC1CCCN1. The van der Waals surface area contributed by atoms with Gasteiger partial charge in [0.05, 0.1) is 16.8 Å². The van der Waals surface area contributed by atoms with E-state index in [-0.39, 0.29) is 11.9 Å². The maximum atomic E-state index is 12.1. The first kappa shape index (κ1) is 15.6. The molecule has 0 spiro atoms. The number of carbonyl (C=O) groups excluding carboxylic acids is 1. The van der Waals surface area contributed by atoms with Gasteiger partial charge in [-0.2, -0.15) is 0 Å². The van der Waals surface area contributed by atoms with Crippen LogP contribution in [-0.4, -0.2) is 25.1 Å². The summed E-state index contributed by atoms with van der Waals surface area (Å²) in [7, 11) is 0. The molecule has 0 radical (unpaired) electrons. The normalized spacial score (nSPS) is 18.1. The van der Waals surface area contributed by atoms with Crippen LogP contribution < -0.4 is 15.4 Å². The molecule has 0 bridgehead atoms. The summed E-state index contributed by atoms with van der Waals surface area (Å²) in [6, 6.07) is 3.73. The molecular weight excluding hydrogens is 344 g/mol. The quantitative estimate of drug-likeness (QED) is 0.843. The van der Waals surface area contributed by atoms with Crippen molar-refractivity contribution in [1.82, 2.24) is 5.32 Å². The van der Waals surface area contributed by atoms with E-state index in [2.05, 4.69) is 26.6 Å². The van der Waals surface area contributed by atoms with Gasteiger partial charge in [-0.3, -0.25) is 4.79 Å². The van der Waals surface area contributed by atoms with E-state index >= 15 is 0 Å². The smallest absolute Gasteiger partial charge is 0.226 e. The van der Waals surface area contributed by atoms with E-state index < -0.39 is 0 Å². The molecule has 0 aliphatic carbocycles. The summed E-state index contributed by atoms with van der Waals surface area (Å²) in [5.74, 6) is 0.587. The Balaban J connectivity index is 2.08. The Morgan fingerprint density at radius 2 is 2.40 bits per heavy atom. The van der Waals surface area contributed by atoms with Gasteiger partial charge in [-0.25, -0.2) is 0 Å². The van der Waals surface area contributed by atoms with Crippen LogP contribution in [0.3, 0.4) is 0 Å². The maximum absolute atomic E-state index is 12.1. The molecule has 4 nitrogen and oxygen atoms in total. The predicted molar refractivity (Wildman–Crippen MR) is 84.6 cm³/mol. The van der Waals surface area contributed by atoms with Crippen LogP contribution in [0.2, 0.25) is 5.02 Å². The molecule has 1 amide bonds. The molecule has 1 aliphatic rings. The van der Waals surface area contributed by atoms with Gasteiger partial charge in [0.2, 0.25) is 5.91 Å². The number of hydrogen-bond acceptors (Lipinski definition) is 3. The zero-order chi connectivity index (χ0) is 14.5. The van der Waals surface area contributed by atoms with Gasteiger partial charge in [-0.05, 0) is 54.4 Å². The van der Waals surface area contributed by atoms with Gasteiger partial charge in [-0.15, -0.1) is 0 Å². The van der Waals surface area contributed by atoms with Crippen LogP contribution in [0.5, 0.6) is 5.75 Å². The van der Waals surface area contributed by atoms with Gasteiger partial charge in [0.25, 0.3) is 0 Å². The molecule has 1 unspecified atom stereocenters. The number of rotatable bonds is 5. The first-order valence-electron chi connectivity index (χ1n) is 6.75. The van der Waals surface area contributed by atoms with Crippen LogP contribution in [0.25, 0.3) is 0 Å². The molecule has 1 saturated heterocycles. The van der Waals surface area contributed by atoms with E-state index in [4.69, 9.17) is 16.3 Å². The molecule has 1 aromatic carbocycles. The van der Waals surface area contributed by atoms with Crippen molar-refractivity contribution < 1.29 is 9.53 Å². The molecule has 1 fully saturated rings. The lowest BCUT2D eigenvalue weighted by molar-refractivity contribution is -0.116. The van der Waals surface area contributed by atoms with Gasteiger partial charge < -0.3 is 15.4 Å². The summed E-state index contributed by atoms with van der Waals surface area (Å²) in [6.45, 7) is 3.41. The number of hydrogen-bond donors (Lipinski definition) is 2. The second kappa shape index (κ2) is 7.29. The fourth-order valence-corrected chi connectivity index (χ4v) is 3.22. The lowest BCUT2D eigenvalue weighted by Gasteiger charge is -2.15. The zero-order valence-corrected chi connectivity index (χ0v) is 13.7. The average Bonchev–Trinajstić information content (AvgIpc) is 2.86. The van der Waals surface area contributed by atoms with E-state index in [1.807, 2.05) is 6.92 Å².